The van der Waals surface area contributed by atoms with E-state index in [1.807, 2.05) is 12.3 Å². The summed E-state index contributed by atoms with van der Waals surface area (Å²) >= 11 is 1.64. The number of carbonyl (C=O) groups excluding carboxylic acids is 1. The number of carbonyl (C=O) groups is 1. The smallest absolute Gasteiger partial charge is 0.251 e. The minimum atomic E-state index is -0.871. The molecule has 1 aromatic rings. The molecule has 0 saturated carbocycles. The van der Waals surface area contributed by atoms with Crippen molar-refractivity contribution in [1.29, 1.82) is 0 Å². The molecule has 0 bridgehead atoms. The van der Waals surface area contributed by atoms with Crippen LogP contribution >= 0.6 is 11.8 Å². The highest BCUT2D eigenvalue weighted by atomic mass is 32.2. The number of hydrogen-bond donors (Lipinski definition) is 1. The van der Waals surface area contributed by atoms with Crippen LogP contribution in [0.4, 0.5) is 5.82 Å². The summed E-state index contributed by atoms with van der Waals surface area (Å²) in [7, 11) is 0. The van der Waals surface area contributed by atoms with E-state index in [0.29, 0.717) is 19.5 Å². The normalized spacial score (nSPS) is 16.7. The Hall–Kier alpha value is -1.34. The molecule has 0 aromatic carbocycles. The van der Waals surface area contributed by atoms with E-state index in [-0.39, 0.29) is 5.91 Å². The van der Waals surface area contributed by atoms with E-state index in [4.69, 9.17) is 0 Å². The van der Waals surface area contributed by atoms with Gasteiger partial charge in [0, 0.05) is 37.9 Å². The maximum Gasteiger partial charge on any atom is 0.251 e. The Kier molecular flexibility index (Phi) is 6.45. The van der Waals surface area contributed by atoms with Gasteiger partial charge in [-0.05, 0) is 24.9 Å². The van der Waals surface area contributed by atoms with Crippen LogP contribution < -0.4 is 4.90 Å². The summed E-state index contributed by atoms with van der Waals surface area (Å²) in [6.45, 7) is 4.79. The number of aromatic nitrogens is 2. The molecule has 1 aliphatic rings. The van der Waals surface area contributed by atoms with Crippen molar-refractivity contribution in [3.8, 4) is 0 Å². The van der Waals surface area contributed by atoms with Gasteiger partial charge in [0.05, 0.1) is 0 Å². The zero-order valence-corrected chi connectivity index (χ0v) is 14.1. The highest BCUT2D eigenvalue weighted by Gasteiger charge is 2.26. The summed E-state index contributed by atoms with van der Waals surface area (Å²) < 4.78 is 0. The maximum absolute atomic E-state index is 12.2. The standard InChI is InChI=1S/C15H24N4O2S/c1-3-12-10-14(17-11-16-12)18-5-7-19(8-6-18)15(21)13(20)4-9-22-2/h10-11,13,20H,3-9H2,1-2H3/t13-/m0/s1. The highest BCUT2D eigenvalue weighted by Crippen LogP contribution is 2.15. The molecule has 22 heavy (non-hydrogen) atoms. The predicted molar refractivity (Wildman–Crippen MR) is 89.2 cm³/mol. The molecule has 2 heterocycles. The molecule has 1 amide bonds. The van der Waals surface area contributed by atoms with E-state index < -0.39 is 6.10 Å². The summed E-state index contributed by atoms with van der Waals surface area (Å²) in [4.78, 5) is 24.6. The van der Waals surface area contributed by atoms with Crippen LogP contribution in [0.15, 0.2) is 12.4 Å². The SMILES string of the molecule is CCc1cc(N2CCN(C(=O)[C@@H](O)CCSC)CC2)ncn1. The fourth-order valence-corrected chi connectivity index (χ4v) is 2.93. The third-order valence-electron chi connectivity index (χ3n) is 3.87. The first-order valence-electron chi connectivity index (χ1n) is 7.67. The van der Waals surface area contributed by atoms with Gasteiger partial charge in [0.15, 0.2) is 0 Å². The Morgan fingerprint density at radius 1 is 1.36 bits per heavy atom. The van der Waals surface area contributed by atoms with Crippen LogP contribution in [-0.4, -0.2) is 70.2 Å². The summed E-state index contributed by atoms with van der Waals surface area (Å²) in [5.74, 6) is 1.57. The van der Waals surface area contributed by atoms with Gasteiger partial charge in [-0.2, -0.15) is 11.8 Å². The Balaban J connectivity index is 1.88. The molecular weight excluding hydrogens is 300 g/mol. The Morgan fingerprint density at radius 2 is 2.09 bits per heavy atom. The molecular formula is C15H24N4O2S. The number of anilines is 1. The first-order valence-corrected chi connectivity index (χ1v) is 9.06. The summed E-state index contributed by atoms with van der Waals surface area (Å²) in [5, 5.41) is 9.91. The fraction of sp³-hybridized carbons (Fsp3) is 0.667. The second-order valence-electron chi connectivity index (χ2n) is 5.33. The molecule has 1 N–H and O–H groups in total. The molecule has 1 aromatic heterocycles. The average molecular weight is 324 g/mol. The Bertz CT molecular complexity index is 492. The molecule has 1 aliphatic heterocycles. The van der Waals surface area contributed by atoms with Crippen LogP contribution in [-0.2, 0) is 11.2 Å². The number of aliphatic hydroxyl groups is 1. The summed E-state index contributed by atoms with van der Waals surface area (Å²) in [5.41, 5.74) is 1.02. The zero-order valence-electron chi connectivity index (χ0n) is 13.2. The average Bonchev–Trinajstić information content (AvgIpc) is 2.59. The van der Waals surface area contributed by atoms with Gasteiger partial charge in [-0.1, -0.05) is 6.92 Å². The number of aliphatic hydroxyl groups excluding tert-OH is 1. The van der Waals surface area contributed by atoms with Crippen LogP contribution in [0.5, 0.6) is 0 Å². The van der Waals surface area contributed by atoms with Crippen LogP contribution in [0.2, 0.25) is 0 Å². The molecule has 7 heteroatoms. The summed E-state index contributed by atoms with van der Waals surface area (Å²) in [6, 6.07) is 2.00. The molecule has 2 rings (SSSR count). The molecule has 6 nitrogen and oxygen atoms in total. The van der Waals surface area contributed by atoms with E-state index in [1.165, 1.54) is 0 Å². The second-order valence-corrected chi connectivity index (χ2v) is 6.32. The first kappa shape index (κ1) is 17.0. The van der Waals surface area contributed by atoms with Crippen molar-refractivity contribution in [2.75, 3.05) is 43.1 Å². The molecule has 0 unspecified atom stereocenters. The van der Waals surface area contributed by atoms with Crippen LogP contribution in [0.25, 0.3) is 0 Å². The van der Waals surface area contributed by atoms with Gasteiger partial charge in [-0.25, -0.2) is 9.97 Å². The zero-order chi connectivity index (χ0) is 15.9. The number of thioether (sulfide) groups is 1. The molecule has 0 spiro atoms. The van der Waals surface area contributed by atoms with Gasteiger partial charge in [0.25, 0.3) is 5.91 Å². The van der Waals surface area contributed by atoms with Crippen LogP contribution in [0, 0.1) is 0 Å². The number of piperazine rings is 1. The van der Waals surface area contributed by atoms with E-state index >= 15 is 0 Å². The molecule has 122 valence electrons. The minimum Gasteiger partial charge on any atom is -0.383 e. The molecule has 1 saturated heterocycles. The minimum absolute atomic E-state index is 0.148. The molecule has 0 radical (unpaired) electrons. The quantitative estimate of drug-likeness (QED) is 0.835. The van der Waals surface area contributed by atoms with Crippen LogP contribution in [0.1, 0.15) is 19.0 Å². The Morgan fingerprint density at radius 3 is 2.73 bits per heavy atom. The fourth-order valence-electron chi connectivity index (χ4n) is 2.47. The molecule has 1 atom stereocenters. The van der Waals surface area contributed by atoms with Crippen molar-refractivity contribution in [3.63, 3.8) is 0 Å². The van der Waals surface area contributed by atoms with Gasteiger partial charge >= 0.3 is 0 Å². The monoisotopic (exact) mass is 324 g/mol. The lowest BCUT2D eigenvalue weighted by Gasteiger charge is -2.36. The van der Waals surface area contributed by atoms with Gasteiger partial charge in [-0.15, -0.1) is 0 Å². The number of nitrogens with zero attached hydrogens (tertiary/aromatic N) is 4. The van der Waals surface area contributed by atoms with Gasteiger partial charge in [0.2, 0.25) is 0 Å². The lowest BCUT2D eigenvalue weighted by Crippen LogP contribution is -2.51. The lowest BCUT2D eigenvalue weighted by atomic mass is 10.2. The number of aryl methyl sites for hydroxylation is 1. The first-order chi connectivity index (χ1) is 10.7. The van der Waals surface area contributed by atoms with E-state index in [2.05, 4.69) is 21.8 Å². The summed E-state index contributed by atoms with van der Waals surface area (Å²) in [6.07, 6.45) is 4.10. The van der Waals surface area contributed by atoms with Crippen molar-refractivity contribution in [2.24, 2.45) is 0 Å². The third kappa shape index (κ3) is 4.33. The largest absolute Gasteiger partial charge is 0.383 e. The topological polar surface area (TPSA) is 69.6 Å². The highest BCUT2D eigenvalue weighted by molar-refractivity contribution is 7.98. The molecule has 0 aliphatic carbocycles. The lowest BCUT2D eigenvalue weighted by molar-refractivity contribution is -0.140. The van der Waals surface area contributed by atoms with Gasteiger partial charge < -0.3 is 14.9 Å². The number of hydrogen-bond acceptors (Lipinski definition) is 6. The van der Waals surface area contributed by atoms with Crippen molar-refractivity contribution >= 4 is 23.5 Å². The number of rotatable bonds is 6. The van der Waals surface area contributed by atoms with Crippen molar-refractivity contribution in [2.45, 2.75) is 25.9 Å². The third-order valence-corrected chi connectivity index (χ3v) is 4.51. The number of amides is 1. The van der Waals surface area contributed by atoms with E-state index in [1.54, 1.807) is 23.0 Å². The van der Waals surface area contributed by atoms with Crippen molar-refractivity contribution < 1.29 is 9.90 Å². The van der Waals surface area contributed by atoms with Crippen molar-refractivity contribution in [1.82, 2.24) is 14.9 Å². The second kappa shape index (κ2) is 8.33. The Labute approximate surface area is 135 Å². The van der Waals surface area contributed by atoms with Gasteiger partial charge in [-0.3, -0.25) is 4.79 Å². The van der Waals surface area contributed by atoms with E-state index in [9.17, 15) is 9.90 Å². The van der Waals surface area contributed by atoms with Crippen LogP contribution in [0.3, 0.4) is 0 Å². The predicted octanol–water partition coefficient (Wildman–Crippen LogP) is 0.802. The van der Waals surface area contributed by atoms with Crippen molar-refractivity contribution in [3.05, 3.63) is 18.1 Å². The van der Waals surface area contributed by atoms with E-state index in [0.717, 1.165) is 36.8 Å². The van der Waals surface area contributed by atoms with Gasteiger partial charge in [0.1, 0.15) is 18.2 Å². The molecule has 1 fully saturated rings. The maximum atomic E-state index is 12.2.